The first-order valence-corrected chi connectivity index (χ1v) is 10.9. The standard InChI is InChI=1S/C25H29N3O5/c1-6-33-18-8-7-16(13-19(18)32-5)23-20-21(17-12-14(2)11-15(3)24(17)29)26-27-22(20)25(30)28(23)9-10-31-4/h7-8,11-13,23,29H,6,9-10H2,1-5H3,(H,26,27). The van der Waals surface area contributed by atoms with E-state index in [4.69, 9.17) is 14.2 Å². The predicted molar refractivity (Wildman–Crippen MR) is 124 cm³/mol. The van der Waals surface area contributed by atoms with E-state index < -0.39 is 6.04 Å². The van der Waals surface area contributed by atoms with Crippen molar-refractivity contribution in [2.45, 2.75) is 26.8 Å². The number of H-pyrrole nitrogens is 1. The van der Waals surface area contributed by atoms with Gasteiger partial charge in [0, 0.05) is 24.8 Å². The average molecular weight is 452 g/mol. The van der Waals surface area contributed by atoms with Crippen molar-refractivity contribution in [3.05, 3.63) is 58.3 Å². The summed E-state index contributed by atoms with van der Waals surface area (Å²) in [5.41, 5.74) is 4.89. The van der Waals surface area contributed by atoms with Crippen molar-refractivity contribution >= 4 is 5.91 Å². The van der Waals surface area contributed by atoms with Gasteiger partial charge in [0.2, 0.25) is 0 Å². The minimum atomic E-state index is -0.429. The highest BCUT2D eigenvalue weighted by Gasteiger charge is 2.42. The van der Waals surface area contributed by atoms with Gasteiger partial charge in [0.25, 0.3) is 5.91 Å². The number of phenols is 1. The number of carbonyl (C=O) groups is 1. The Balaban J connectivity index is 1.90. The third-order valence-electron chi connectivity index (χ3n) is 5.90. The summed E-state index contributed by atoms with van der Waals surface area (Å²) in [5.74, 6) is 1.21. The molecule has 1 unspecified atom stereocenters. The molecule has 0 aliphatic carbocycles. The van der Waals surface area contributed by atoms with Crippen molar-refractivity contribution in [1.29, 1.82) is 0 Å². The number of nitrogens with zero attached hydrogens (tertiary/aromatic N) is 2. The fraction of sp³-hybridized carbons (Fsp3) is 0.360. The smallest absolute Gasteiger partial charge is 0.273 e. The van der Waals surface area contributed by atoms with Crippen molar-refractivity contribution in [2.24, 2.45) is 0 Å². The normalized spacial score (nSPS) is 15.1. The van der Waals surface area contributed by atoms with E-state index in [1.165, 1.54) is 0 Å². The maximum absolute atomic E-state index is 13.4. The molecule has 8 heteroatoms. The van der Waals surface area contributed by atoms with E-state index in [-0.39, 0.29) is 11.7 Å². The summed E-state index contributed by atoms with van der Waals surface area (Å²) in [5, 5.41) is 18.2. The van der Waals surface area contributed by atoms with Crippen LogP contribution < -0.4 is 9.47 Å². The van der Waals surface area contributed by atoms with Gasteiger partial charge in [-0.15, -0.1) is 0 Å². The van der Waals surface area contributed by atoms with Crippen LogP contribution in [0.4, 0.5) is 0 Å². The summed E-state index contributed by atoms with van der Waals surface area (Å²) < 4.78 is 16.5. The molecule has 2 aromatic carbocycles. The Labute approximate surface area is 193 Å². The lowest BCUT2D eigenvalue weighted by Gasteiger charge is -2.27. The second-order valence-corrected chi connectivity index (χ2v) is 8.08. The van der Waals surface area contributed by atoms with Gasteiger partial charge < -0.3 is 24.2 Å². The van der Waals surface area contributed by atoms with Crippen molar-refractivity contribution in [3.8, 4) is 28.5 Å². The Morgan fingerprint density at radius 1 is 1.15 bits per heavy atom. The van der Waals surface area contributed by atoms with Gasteiger partial charge in [-0.3, -0.25) is 9.89 Å². The van der Waals surface area contributed by atoms with Crippen LogP contribution in [0.15, 0.2) is 30.3 Å². The fourth-order valence-corrected chi connectivity index (χ4v) is 4.44. The van der Waals surface area contributed by atoms with Crippen LogP contribution in [0, 0.1) is 13.8 Å². The molecule has 0 fully saturated rings. The molecule has 2 heterocycles. The molecule has 0 saturated carbocycles. The van der Waals surface area contributed by atoms with E-state index in [1.54, 1.807) is 19.1 Å². The zero-order chi connectivity index (χ0) is 23.7. The van der Waals surface area contributed by atoms with Crippen molar-refractivity contribution in [1.82, 2.24) is 15.1 Å². The van der Waals surface area contributed by atoms with Crippen LogP contribution in [-0.4, -0.2) is 60.1 Å². The molecular weight excluding hydrogens is 422 g/mol. The number of aromatic hydroxyl groups is 1. The van der Waals surface area contributed by atoms with Gasteiger partial charge in [0.15, 0.2) is 11.5 Å². The Kier molecular flexibility index (Phi) is 6.29. The number of fused-ring (bicyclic) bond motifs is 1. The van der Waals surface area contributed by atoms with Crippen LogP contribution in [0.1, 0.15) is 45.7 Å². The molecule has 0 bridgehead atoms. The average Bonchev–Trinajstić information content (AvgIpc) is 3.34. The van der Waals surface area contributed by atoms with Crippen LogP contribution in [0.25, 0.3) is 11.3 Å². The van der Waals surface area contributed by atoms with Crippen molar-refractivity contribution in [2.75, 3.05) is 34.0 Å². The SMILES string of the molecule is CCOc1ccc(C2c3c(-c4cc(C)cc(C)c4O)n[nH]c3C(=O)N2CCOC)cc1OC. The highest BCUT2D eigenvalue weighted by Crippen LogP contribution is 2.46. The molecule has 1 aliphatic heterocycles. The number of methoxy groups -OCH3 is 2. The summed E-state index contributed by atoms with van der Waals surface area (Å²) in [6.07, 6.45) is 0. The lowest BCUT2D eigenvalue weighted by Crippen LogP contribution is -2.32. The number of hydrogen-bond acceptors (Lipinski definition) is 6. The van der Waals surface area contributed by atoms with E-state index in [1.807, 2.05) is 51.1 Å². The Bertz CT molecular complexity index is 1190. The first kappa shape index (κ1) is 22.7. The van der Waals surface area contributed by atoms with Crippen molar-refractivity contribution < 1.29 is 24.1 Å². The maximum Gasteiger partial charge on any atom is 0.273 e. The fourth-order valence-electron chi connectivity index (χ4n) is 4.44. The van der Waals surface area contributed by atoms with Crippen LogP contribution >= 0.6 is 0 Å². The minimum absolute atomic E-state index is 0.153. The van der Waals surface area contributed by atoms with Gasteiger partial charge in [0.05, 0.1) is 26.4 Å². The highest BCUT2D eigenvalue weighted by molar-refractivity contribution is 6.00. The quantitative estimate of drug-likeness (QED) is 0.537. The molecule has 1 aromatic heterocycles. The Morgan fingerprint density at radius 3 is 2.64 bits per heavy atom. The number of aromatic nitrogens is 2. The number of benzene rings is 2. The summed E-state index contributed by atoms with van der Waals surface area (Å²) in [4.78, 5) is 15.1. The largest absolute Gasteiger partial charge is 0.507 e. The molecule has 33 heavy (non-hydrogen) atoms. The zero-order valence-electron chi connectivity index (χ0n) is 19.6. The van der Waals surface area contributed by atoms with Gasteiger partial charge in [-0.1, -0.05) is 12.1 Å². The number of hydrogen-bond donors (Lipinski definition) is 2. The van der Waals surface area contributed by atoms with Crippen LogP contribution in [-0.2, 0) is 4.74 Å². The number of aromatic amines is 1. The molecule has 0 saturated heterocycles. The summed E-state index contributed by atoms with van der Waals surface area (Å²) >= 11 is 0. The first-order valence-electron chi connectivity index (χ1n) is 10.9. The highest BCUT2D eigenvalue weighted by atomic mass is 16.5. The Morgan fingerprint density at radius 2 is 1.94 bits per heavy atom. The lowest BCUT2D eigenvalue weighted by atomic mass is 9.94. The van der Waals surface area contributed by atoms with E-state index >= 15 is 0 Å². The molecule has 0 radical (unpaired) electrons. The Hall–Kier alpha value is -3.52. The van der Waals surface area contributed by atoms with Gasteiger partial charge in [0.1, 0.15) is 17.1 Å². The molecule has 1 amide bonds. The molecule has 3 aromatic rings. The van der Waals surface area contributed by atoms with Crippen LogP contribution in [0.2, 0.25) is 0 Å². The molecule has 8 nitrogen and oxygen atoms in total. The summed E-state index contributed by atoms with van der Waals surface area (Å²) in [7, 11) is 3.20. The molecule has 1 atom stereocenters. The molecule has 4 rings (SSSR count). The third-order valence-corrected chi connectivity index (χ3v) is 5.90. The topological polar surface area (TPSA) is 96.9 Å². The molecule has 1 aliphatic rings. The lowest BCUT2D eigenvalue weighted by molar-refractivity contribution is 0.0677. The molecule has 0 spiro atoms. The number of amides is 1. The van der Waals surface area contributed by atoms with Gasteiger partial charge in [-0.2, -0.15) is 5.10 Å². The summed E-state index contributed by atoms with van der Waals surface area (Å²) in [6.45, 7) is 7.03. The van der Waals surface area contributed by atoms with Crippen LogP contribution in [0.3, 0.4) is 0 Å². The van der Waals surface area contributed by atoms with Crippen molar-refractivity contribution in [3.63, 3.8) is 0 Å². The monoisotopic (exact) mass is 451 g/mol. The zero-order valence-corrected chi connectivity index (χ0v) is 19.6. The summed E-state index contributed by atoms with van der Waals surface area (Å²) in [6, 6.07) is 9.03. The maximum atomic E-state index is 13.4. The number of nitrogens with one attached hydrogen (secondary N) is 1. The molecule has 2 N–H and O–H groups in total. The third kappa shape index (κ3) is 3.91. The molecule has 174 valence electrons. The van der Waals surface area contributed by atoms with Gasteiger partial charge >= 0.3 is 0 Å². The predicted octanol–water partition coefficient (Wildman–Crippen LogP) is 4.00. The van der Waals surface area contributed by atoms with Gasteiger partial charge in [-0.25, -0.2) is 0 Å². The van der Waals surface area contributed by atoms with Gasteiger partial charge in [-0.05, 0) is 55.7 Å². The second kappa shape index (κ2) is 9.15. The second-order valence-electron chi connectivity index (χ2n) is 8.08. The minimum Gasteiger partial charge on any atom is -0.507 e. The van der Waals surface area contributed by atoms with E-state index in [0.29, 0.717) is 48.2 Å². The van der Waals surface area contributed by atoms with E-state index in [0.717, 1.165) is 22.3 Å². The van der Waals surface area contributed by atoms with Crippen LogP contribution in [0.5, 0.6) is 17.2 Å². The first-order chi connectivity index (χ1) is 15.9. The van der Waals surface area contributed by atoms with E-state index in [2.05, 4.69) is 10.2 Å². The number of carbonyl (C=O) groups excluding carboxylic acids is 1. The number of phenolic OH excluding ortho intramolecular Hbond substituents is 1. The van der Waals surface area contributed by atoms with E-state index in [9.17, 15) is 9.90 Å². The number of rotatable bonds is 8. The molecular formula is C25H29N3O5. The number of aryl methyl sites for hydroxylation is 2. The number of ether oxygens (including phenoxy) is 3.